The van der Waals surface area contributed by atoms with Crippen LogP contribution in [-0.4, -0.2) is 12.5 Å². The van der Waals surface area contributed by atoms with Crippen LogP contribution in [0.5, 0.6) is 0 Å². The maximum Gasteiger partial charge on any atom is 0.246 e. The fraction of sp³-hybridized carbons (Fsp3) is 0.227. The molecule has 1 heterocycles. The van der Waals surface area contributed by atoms with Crippen molar-refractivity contribution in [3.8, 4) is 0 Å². The third-order valence-corrected chi connectivity index (χ3v) is 5.28. The zero-order valence-electron chi connectivity index (χ0n) is 15.2. The van der Waals surface area contributed by atoms with Crippen LogP contribution in [0.1, 0.15) is 27.6 Å². The average Bonchev–Trinajstić information content (AvgIpc) is 3.16. The first-order chi connectivity index (χ1) is 12.6. The Morgan fingerprint density at radius 1 is 1.04 bits per heavy atom. The molecule has 0 aliphatic heterocycles. The SMILES string of the molecule is Cc1ccc(C)c(NC(=O)[C@@H](NCCc2cccs2)c2ccccc2)c1. The van der Waals surface area contributed by atoms with E-state index in [4.69, 9.17) is 0 Å². The van der Waals surface area contributed by atoms with E-state index in [0.29, 0.717) is 0 Å². The molecule has 4 heteroatoms. The number of hydrogen-bond donors (Lipinski definition) is 2. The maximum atomic E-state index is 13.0. The normalized spacial score (nSPS) is 11.9. The van der Waals surface area contributed by atoms with Crippen molar-refractivity contribution in [1.29, 1.82) is 0 Å². The fourth-order valence-corrected chi connectivity index (χ4v) is 3.59. The van der Waals surface area contributed by atoms with Crippen LogP contribution >= 0.6 is 11.3 Å². The summed E-state index contributed by atoms with van der Waals surface area (Å²) in [5, 5.41) is 8.60. The Morgan fingerprint density at radius 3 is 2.58 bits per heavy atom. The maximum absolute atomic E-state index is 13.0. The van der Waals surface area contributed by atoms with Gasteiger partial charge in [0.25, 0.3) is 0 Å². The molecule has 3 aromatic rings. The largest absolute Gasteiger partial charge is 0.324 e. The quantitative estimate of drug-likeness (QED) is 0.627. The Morgan fingerprint density at radius 2 is 1.85 bits per heavy atom. The van der Waals surface area contributed by atoms with Crippen molar-refractivity contribution in [2.24, 2.45) is 0 Å². The smallest absolute Gasteiger partial charge is 0.246 e. The van der Waals surface area contributed by atoms with Gasteiger partial charge in [-0.2, -0.15) is 0 Å². The molecule has 26 heavy (non-hydrogen) atoms. The molecule has 0 aliphatic rings. The van der Waals surface area contributed by atoms with Crippen molar-refractivity contribution in [2.45, 2.75) is 26.3 Å². The topological polar surface area (TPSA) is 41.1 Å². The third-order valence-electron chi connectivity index (χ3n) is 4.35. The third kappa shape index (κ3) is 4.81. The molecule has 3 rings (SSSR count). The monoisotopic (exact) mass is 364 g/mol. The van der Waals surface area contributed by atoms with Gasteiger partial charge < -0.3 is 10.6 Å². The van der Waals surface area contributed by atoms with Gasteiger partial charge in [-0.15, -0.1) is 11.3 Å². The number of nitrogens with one attached hydrogen (secondary N) is 2. The van der Waals surface area contributed by atoms with Gasteiger partial charge in [0.15, 0.2) is 0 Å². The summed E-state index contributed by atoms with van der Waals surface area (Å²) in [4.78, 5) is 14.3. The molecule has 0 radical (unpaired) electrons. The average molecular weight is 365 g/mol. The fourth-order valence-electron chi connectivity index (χ4n) is 2.88. The Kier molecular flexibility index (Phi) is 6.21. The van der Waals surface area contributed by atoms with Crippen LogP contribution in [0.2, 0.25) is 0 Å². The molecule has 2 aromatic carbocycles. The van der Waals surface area contributed by atoms with Crippen LogP contribution in [0.25, 0.3) is 0 Å². The van der Waals surface area contributed by atoms with Crippen molar-refractivity contribution in [2.75, 3.05) is 11.9 Å². The standard InChI is InChI=1S/C22H24N2OS/c1-16-10-11-17(2)20(15-16)24-22(25)21(18-7-4-3-5-8-18)23-13-12-19-9-6-14-26-19/h3-11,14-15,21,23H,12-13H2,1-2H3,(H,24,25)/t21-/m0/s1. The Hall–Kier alpha value is -2.43. The molecule has 0 aliphatic carbocycles. The molecule has 0 fully saturated rings. The molecular weight excluding hydrogens is 340 g/mol. The van der Waals surface area contributed by atoms with Gasteiger partial charge in [0, 0.05) is 17.1 Å². The summed E-state index contributed by atoms with van der Waals surface area (Å²) in [6, 6.07) is 19.8. The van der Waals surface area contributed by atoms with Crippen molar-refractivity contribution in [3.05, 3.63) is 87.6 Å². The predicted octanol–water partition coefficient (Wildman–Crippen LogP) is 4.88. The number of hydrogen-bond acceptors (Lipinski definition) is 3. The Balaban J connectivity index is 1.73. The van der Waals surface area contributed by atoms with E-state index in [1.165, 1.54) is 4.88 Å². The summed E-state index contributed by atoms with van der Waals surface area (Å²) >= 11 is 1.74. The van der Waals surface area contributed by atoms with Gasteiger partial charge in [-0.3, -0.25) is 4.79 Å². The lowest BCUT2D eigenvalue weighted by atomic mass is 10.0. The number of carbonyl (C=O) groups is 1. The summed E-state index contributed by atoms with van der Waals surface area (Å²) in [5.74, 6) is -0.0314. The summed E-state index contributed by atoms with van der Waals surface area (Å²) < 4.78 is 0. The Labute approximate surface area is 159 Å². The van der Waals surface area contributed by atoms with Gasteiger partial charge in [-0.1, -0.05) is 48.5 Å². The second kappa shape index (κ2) is 8.79. The van der Waals surface area contributed by atoms with E-state index in [1.807, 2.05) is 56.3 Å². The number of thiophene rings is 1. The van der Waals surface area contributed by atoms with Gasteiger partial charge in [0.1, 0.15) is 6.04 Å². The second-order valence-electron chi connectivity index (χ2n) is 6.43. The van der Waals surface area contributed by atoms with E-state index < -0.39 is 0 Å². The molecule has 0 bridgehead atoms. The predicted molar refractivity (Wildman–Crippen MR) is 110 cm³/mol. The van der Waals surface area contributed by atoms with Crippen molar-refractivity contribution in [1.82, 2.24) is 5.32 Å². The number of amides is 1. The minimum absolute atomic E-state index is 0.0314. The highest BCUT2D eigenvalue weighted by Crippen LogP contribution is 2.20. The van der Waals surface area contributed by atoms with Gasteiger partial charge in [0.05, 0.1) is 0 Å². The second-order valence-corrected chi connectivity index (χ2v) is 7.47. The molecule has 1 amide bonds. The van der Waals surface area contributed by atoms with E-state index in [1.54, 1.807) is 11.3 Å². The van der Waals surface area contributed by atoms with Crippen molar-refractivity contribution in [3.63, 3.8) is 0 Å². The van der Waals surface area contributed by atoms with Gasteiger partial charge >= 0.3 is 0 Å². The minimum Gasteiger partial charge on any atom is -0.324 e. The lowest BCUT2D eigenvalue weighted by molar-refractivity contribution is -0.118. The summed E-state index contributed by atoms with van der Waals surface area (Å²) in [5.41, 5.74) is 4.04. The highest BCUT2D eigenvalue weighted by Gasteiger charge is 2.20. The minimum atomic E-state index is -0.379. The molecule has 0 spiro atoms. The van der Waals surface area contributed by atoms with Gasteiger partial charge in [-0.25, -0.2) is 0 Å². The number of aryl methyl sites for hydroxylation is 2. The first kappa shape index (κ1) is 18.4. The number of benzene rings is 2. The highest BCUT2D eigenvalue weighted by atomic mass is 32.1. The van der Waals surface area contributed by atoms with Gasteiger partial charge in [-0.05, 0) is 54.5 Å². The van der Waals surface area contributed by atoms with E-state index in [-0.39, 0.29) is 11.9 Å². The van der Waals surface area contributed by atoms with E-state index >= 15 is 0 Å². The first-order valence-electron chi connectivity index (χ1n) is 8.82. The molecule has 1 aromatic heterocycles. The van der Waals surface area contributed by atoms with Crippen LogP contribution in [0.3, 0.4) is 0 Å². The molecule has 3 nitrogen and oxygen atoms in total. The van der Waals surface area contributed by atoms with Crippen molar-refractivity contribution < 1.29 is 4.79 Å². The van der Waals surface area contributed by atoms with E-state index in [9.17, 15) is 4.79 Å². The lowest BCUT2D eigenvalue weighted by Gasteiger charge is -2.20. The zero-order chi connectivity index (χ0) is 18.4. The zero-order valence-corrected chi connectivity index (χ0v) is 16.0. The molecule has 0 saturated heterocycles. The van der Waals surface area contributed by atoms with Crippen LogP contribution in [0, 0.1) is 13.8 Å². The Bertz CT molecular complexity index is 844. The molecule has 0 unspecified atom stereocenters. The van der Waals surface area contributed by atoms with Crippen LogP contribution in [0.15, 0.2) is 66.0 Å². The summed E-state index contributed by atoms with van der Waals surface area (Å²) in [6.07, 6.45) is 0.914. The number of carbonyl (C=O) groups excluding carboxylic acids is 1. The summed E-state index contributed by atoms with van der Waals surface area (Å²) in [7, 11) is 0. The lowest BCUT2D eigenvalue weighted by Crippen LogP contribution is -2.34. The van der Waals surface area contributed by atoms with Crippen LogP contribution in [-0.2, 0) is 11.2 Å². The molecule has 0 saturated carbocycles. The van der Waals surface area contributed by atoms with Gasteiger partial charge in [0.2, 0.25) is 5.91 Å². The van der Waals surface area contributed by atoms with Crippen LogP contribution in [0.4, 0.5) is 5.69 Å². The van der Waals surface area contributed by atoms with E-state index in [0.717, 1.165) is 35.3 Å². The number of rotatable bonds is 7. The van der Waals surface area contributed by atoms with Crippen LogP contribution < -0.4 is 10.6 Å². The number of anilines is 1. The highest BCUT2D eigenvalue weighted by molar-refractivity contribution is 7.09. The first-order valence-corrected chi connectivity index (χ1v) is 9.70. The molecule has 134 valence electrons. The molecule has 2 N–H and O–H groups in total. The molecular formula is C22H24N2OS. The summed E-state index contributed by atoms with van der Waals surface area (Å²) in [6.45, 7) is 4.79. The van der Waals surface area contributed by atoms with E-state index in [2.05, 4.69) is 34.2 Å². The van der Waals surface area contributed by atoms with Crippen molar-refractivity contribution >= 4 is 22.9 Å². The molecule has 1 atom stereocenters.